The van der Waals surface area contributed by atoms with E-state index in [2.05, 4.69) is 34.3 Å². The van der Waals surface area contributed by atoms with E-state index in [9.17, 15) is 0 Å². The predicted octanol–water partition coefficient (Wildman–Crippen LogP) is 2.73. The third kappa shape index (κ3) is 2.82. The standard InChI is InChI=1S/C13H25NO/c1-6-8(2)7-12(14)13-9(3)10(4)15-11(13)5/h9-13H,2,6-7,14H2,1,3-5H3. The Bertz CT molecular complexity index is 227. The molecule has 2 N–H and O–H groups in total. The van der Waals surface area contributed by atoms with Crippen LogP contribution in [0.25, 0.3) is 0 Å². The minimum Gasteiger partial charge on any atom is -0.375 e. The summed E-state index contributed by atoms with van der Waals surface area (Å²) < 4.78 is 5.81. The van der Waals surface area contributed by atoms with Crippen molar-refractivity contribution in [2.24, 2.45) is 17.6 Å². The highest BCUT2D eigenvalue weighted by Gasteiger charge is 2.40. The Labute approximate surface area is 93.9 Å². The Kier molecular flexibility index (Phi) is 4.35. The summed E-state index contributed by atoms with van der Waals surface area (Å²) in [4.78, 5) is 0. The largest absolute Gasteiger partial charge is 0.375 e. The molecule has 1 heterocycles. The van der Waals surface area contributed by atoms with Crippen molar-refractivity contribution in [1.82, 2.24) is 0 Å². The van der Waals surface area contributed by atoms with E-state index in [1.807, 2.05) is 0 Å². The first kappa shape index (κ1) is 12.7. The zero-order chi connectivity index (χ0) is 11.6. The van der Waals surface area contributed by atoms with E-state index in [1.165, 1.54) is 5.57 Å². The molecule has 0 spiro atoms. The first-order valence-corrected chi connectivity index (χ1v) is 6.05. The lowest BCUT2D eigenvalue weighted by Gasteiger charge is -2.26. The lowest BCUT2D eigenvalue weighted by atomic mass is 9.81. The second-order valence-electron chi connectivity index (χ2n) is 4.95. The number of hydrogen-bond donors (Lipinski definition) is 1. The van der Waals surface area contributed by atoms with Crippen LogP contribution in [0, 0.1) is 11.8 Å². The number of rotatable bonds is 4. The van der Waals surface area contributed by atoms with E-state index in [4.69, 9.17) is 10.5 Å². The van der Waals surface area contributed by atoms with Gasteiger partial charge in [-0.05, 0) is 32.6 Å². The summed E-state index contributed by atoms with van der Waals surface area (Å²) in [5.41, 5.74) is 7.51. The maximum Gasteiger partial charge on any atom is 0.0597 e. The van der Waals surface area contributed by atoms with E-state index in [1.54, 1.807) is 0 Å². The quantitative estimate of drug-likeness (QED) is 0.726. The number of ether oxygens (including phenoxy) is 1. The molecule has 0 aromatic rings. The van der Waals surface area contributed by atoms with Crippen LogP contribution in [-0.2, 0) is 4.74 Å². The Morgan fingerprint density at radius 2 is 1.93 bits per heavy atom. The lowest BCUT2D eigenvalue weighted by Crippen LogP contribution is -2.37. The molecule has 0 saturated carbocycles. The van der Waals surface area contributed by atoms with Crippen LogP contribution in [0.15, 0.2) is 12.2 Å². The fourth-order valence-electron chi connectivity index (χ4n) is 2.65. The maximum atomic E-state index is 6.26. The van der Waals surface area contributed by atoms with Gasteiger partial charge < -0.3 is 10.5 Å². The minimum absolute atomic E-state index is 0.201. The molecule has 0 radical (unpaired) electrons. The van der Waals surface area contributed by atoms with Gasteiger partial charge in [0.25, 0.3) is 0 Å². The highest BCUT2D eigenvalue weighted by Crippen LogP contribution is 2.35. The van der Waals surface area contributed by atoms with Crippen LogP contribution < -0.4 is 5.73 Å². The van der Waals surface area contributed by atoms with Gasteiger partial charge in [0.1, 0.15) is 0 Å². The van der Waals surface area contributed by atoms with Crippen LogP contribution in [0.3, 0.4) is 0 Å². The van der Waals surface area contributed by atoms with Gasteiger partial charge >= 0.3 is 0 Å². The third-order valence-corrected chi connectivity index (χ3v) is 3.84. The van der Waals surface area contributed by atoms with Crippen molar-refractivity contribution in [2.75, 3.05) is 0 Å². The van der Waals surface area contributed by atoms with Crippen molar-refractivity contribution < 1.29 is 4.74 Å². The van der Waals surface area contributed by atoms with E-state index in [-0.39, 0.29) is 12.1 Å². The van der Waals surface area contributed by atoms with Gasteiger partial charge in [0.05, 0.1) is 12.2 Å². The molecular formula is C13H25NO. The molecule has 1 aliphatic rings. The molecule has 1 rings (SSSR count). The fourth-order valence-corrected chi connectivity index (χ4v) is 2.65. The summed E-state index contributed by atoms with van der Waals surface area (Å²) in [5, 5.41) is 0. The summed E-state index contributed by atoms with van der Waals surface area (Å²) in [7, 11) is 0. The third-order valence-electron chi connectivity index (χ3n) is 3.84. The molecule has 0 bridgehead atoms. The van der Waals surface area contributed by atoms with Gasteiger partial charge in [0, 0.05) is 12.0 Å². The van der Waals surface area contributed by atoms with E-state index >= 15 is 0 Å². The average molecular weight is 211 g/mol. The van der Waals surface area contributed by atoms with Crippen molar-refractivity contribution in [3.63, 3.8) is 0 Å². The predicted molar refractivity (Wildman–Crippen MR) is 64.7 cm³/mol. The number of nitrogens with two attached hydrogens (primary N) is 1. The van der Waals surface area contributed by atoms with E-state index in [0.717, 1.165) is 12.8 Å². The average Bonchev–Trinajstić information content (AvgIpc) is 2.41. The minimum atomic E-state index is 0.201. The first-order valence-electron chi connectivity index (χ1n) is 6.05. The van der Waals surface area contributed by atoms with Gasteiger partial charge in [-0.1, -0.05) is 26.0 Å². The molecule has 1 saturated heterocycles. The fraction of sp³-hybridized carbons (Fsp3) is 0.846. The molecule has 0 aromatic heterocycles. The molecule has 1 aliphatic heterocycles. The zero-order valence-electron chi connectivity index (χ0n) is 10.5. The van der Waals surface area contributed by atoms with Crippen LogP contribution in [0.5, 0.6) is 0 Å². The van der Waals surface area contributed by atoms with Crippen molar-refractivity contribution in [3.05, 3.63) is 12.2 Å². The van der Waals surface area contributed by atoms with Crippen molar-refractivity contribution >= 4 is 0 Å². The van der Waals surface area contributed by atoms with Crippen molar-refractivity contribution in [1.29, 1.82) is 0 Å². The Balaban J connectivity index is 2.58. The van der Waals surface area contributed by atoms with Crippen molar-refractivity contribution in [3.8, 4) is 0 Å². The lowest BCUT2D eigenvalue weighted by molar-refractivity contribution is 0.0490. The van der Waals surface area contributed by atoms with Crippen LogP contribution in [-0.4, -0.2) is 18.2 Å². The highest BCUT2D eigenvalue weighted by molar-refractivity contribution is 5.00. The van der Waals surface area contributed by atoms with E-state index < -0.39 is 0 Å². The Morgan fingerprint density at radius 1 is 1.33 bits per heavy atom. The van der Waals surface area contributed by atoms with Crippen LogP contribution in [0.4, 0.5) is 0 Å². The van der Waals surface area contributed by atoms with Gasteiger partial charge in [-0.25, -0.2) is 0 Å². The second-order valence-corrected chi connectivity index (χ2v) is 4.95. The molecule has 5 atom stereocenters. The molecule has 2 heteroatoms. The van der Waals surface area contributed by atoms with Gasteiger partial charge in [0.2, 0.25) is 0 Å². The molecule has 0 amide bonds. The summed E-state index contributed by atoms with van der Waals surface area (Å²) >= 11 is 0. The van der Waals surface area contributed by atoms with Gasteiger partial charge in [-0.3, -0.25) is 0 Å². The summed E-state index contributed by atoms with van der Waals surface area (Å²) in [6.45, 7) is 12.7. The van der Waals surface area contributed by atoms with Gasteiger partial charge in [-0.2, -0.15) is 0 Å². The maximum absolute atomic E-state index is 6.26. The van der Waals surface area contributed by atoms with Crippen LogP contribution in [0.1, 0.15) is 40.5 Å². The zero-order valence-corrected chi connectivity index (χ0v) is 10.5. The molecular weight excluding hydrogens is 186 g/mol. The summed E-state index contributed by atoms with van der Waals surface area (Å²) in [5.74, 6) is 1.03. The topological polar surface area (TPSA) is 35.2 Å². The van der Waals surface area contributed by atoms with Crippen LogP contribution in [0.2, 0.25) is 0 Å². The monoisotopic (exact) mass is 211 g/mol. The summed E-state index contributed by atoms with van der Waals surface area (Å²) in [6.07, 6.45) is 2.59. The molecule has 88 valence electrons. The molecule has 15 heavy (non-hydrogen) atoms. The molecule has 1 fully saturated rings. The Morgan fingerprint density at radius 3 is 2.33 bits per heavy atom. The second kappa shape index (κ2) is 5.13. The normalized spacial score (nSPS) is 37.9. The molecule has 2 nitrogen and oxygen atoms in total. The molecule has 5 unspecified atom stereocenters. The van der Waals surface area contributed by atoms with Crippen LogP contribution >= 0.6 is 0 Å². The smallest absolute Gasteiger partial charge is 0.0597 e. The molecule has 0 aliphatic carbocycles. The highest BCUT2D eigenvalue weighted by atomic mass is 16.5. The van der Waals surface area contributed by atoms with Gasteiger partial charge in [-0.15, -0.1) is 0 Å². The van der Waals surface area contributed by atoms with Crippen molar-refractivity contribution in [2.45, 2.75) is 58.8 Å². The SMILES string of the molecule is C=C(CC)CC(N)C1C(C)OC(C)C1C. The number of hydrogen-bond acceptors (Lipinski definition) is 2. The van der Waals surface area contributed by atoms with Gasteiger partial charge in [0.15, 0.2) is 0 Å². The first-order chi connectivity index (χ1) is 6.97. The summed E-state index contributed by atoms with van der Waals surface area (Å²) in [6, 6.07) is 0.201. The Hall–Kier alpha value is -0.340. The van der Waals surface area contributed by atoms with E-state index in [0.29, 0.717) is 17.9 Å². The molecule has 0 aromatic carbocycles.